The second-order valence-electron chi connectivity index (χ2n) is 3.50. The van der Waals surface area contributed by atoms with Crippen LogP contribution in [0.5, 0.6) is 11.5 Å². The molecule has 4 heteroatoms. The predicted molar refractivity (Wildman–Crippen MR) is 67.2 cm³/mol. The number of methoxy groups -OCH3 is 2. The summed E-state index contributed by atoms with van der Waals surface area (Å²) < 4.78 is 10.3. The Bertz CT molecular complexity index is 573. The maximum atomic E-state index is 11.5. The standard InChI is InChI=1S/C13H11ClO3/c1-16-9-5-3-8-4-6-11(17-2)12(13(14)15)10(8)7-9/h3-7H,1-2H3. The normalized spacial score (nSPS) is 10.3. The highest BCUT2D eigenvalue weighted by Gasteiger charge is 2.14. The van der Waals surface area contributed by atoms with E-state index in [2.05, 4.69) is 0 Å². The fourth-order valence-electron chi connectivity index (χ4n) is 1.78. The van der Waals surface area contributed by atoms with Gasteiger partial charge in [0.05, 0.1) is 19.8 Å². The lowest BCUT2D eigenvalue weighted by Crippen LogP contribution is -1.97. The van der Waals surface area contributed by atoms with Gasteiger partial charge in [0, 0.05) is 5.39 Å². The van der Waals surface area contributed by atoms with Gasteiger partial charge in [0.2, 0.25) is 0 Å². The predicted octanol–water partition coefficient (Wildman–Crippen LogP) is 3.24. The van der Waals surface area contributed by atoms with Gasteiger partial charge in [-0.15, -0.1) is 0 Å². The highest BCUT2D eigenvalue weighted by Crippen LogP contribution is 2.31. The minimum Gasteiger partial charge on any atom is -0.497 e. The number of halogens is 1. The van der Waals surface area contributed by atoms with E-state index in [9.17, 15) is 4.79 Å². The van der Waals surface area contributed by atoms with Crippen molar-refractivity contribution in [1.82, 2.24) is 0 Å². The number of rotatable bonds is 3. The molecule has 0 aromatic heterocycles. The zero-order valence-corrected chi connectivity index (χ0v) is 10.2. The third-order valence-corrected chi connectivity index (χ3v) is 2.80. The first kappa shape index (κ1) is 11.7. The molecule has 0 radical (unpaired) electrons. The molecule has 0 aliphatic carbocycles. The van der Waals surface area contributed by atoms with Crippen LogP contribution in [-0.2, 0) is 0 Å². The van der Waals surface area contributed by atoms with Gasteiger partial charge in [-0.05, 0) is 35.2 Å². The maximum Gasteiger partial charge on any atom is 0.256 e. The minimum absolute atomic E-state index is 0.366. The fraction of sp³-hybridized carbons (Fsp3) is 0.154. The molecule has 2 aromatic rings. The lowest BCUT2D eigenvalue weighted by molar-refractivity contribution is 0.108. The van der Waals surface area contributed by atoms with Crippen LogP contribution in [-0.4, -0.2) is 19.5 Å². The Morgan fingerprint density at radius 2 is 1.82 bits per heavy atom. The number of carbonyl (C=O) groups is 1. The number of hydrogen-bond acceptors (Lipinski definition) is 3. The number of carbonyl (C=O) groups excluding carboxylic acids is 1. The third-order valence-electron chi connectivity index (χ3n) is 2.61. The van der Waals surface area contributed by atoms with Crippen molar-refractivity contribution in [2.45, 2.75) is 0 Å². The zero-order valence-electron chi connectivity index (χ0n) is 9.49. The van der Waals surface area contributed by atoms with Gasteiger partial charge in [0.1, 0.15) is 11.5 Å². The molecular weight excluding hydrogens is 240 g/mol. The monoisotopic (exact) mass is 250 g/mol. The van der Waals surface area contributed by atoms with Crippen molar-refractivity contribution in [3.63, 3.8) is 0 Å². The topological polar surface area (TPSA) is 35.5 Å². The summed E-state index contributed by atoms with van der Waals surface area (Å²) in [5.41, 5.74) is 0.366. The van der Waals surface area contributed by atoms with Crippen LogP contribution in [0.25, 0.3) is 10.8 Å². The van der Waals surface area contributed by atoms with Gasteiger partial charge >= 0.3 is 0 Å². The SMILES string of the molecule is COc1ccc2ccc(OC)c(C(=O)Cl)c2c1. The molecule has 0 saturated heterocycles. The van der Waals surface area contributed by atoms with Gasteiger partial charge in [0.15, 0.2) is 0 Å². The van der Waals surface area contributed by atoms with Crippen molar-refractivity contribution >= 4 is 27.6 Å². The van der Waals surface area contributed by atoms with E-state index in [4.69, 9.17) is 21.1 Å². The number of benzene rings is 2. The van der Waals surface area contributed by atoms with E-state index in [1.165, 1.54) is 7.11 Å². The van der Waals surface area contributed by atoms with Gasteiger partial charge in [-0.25, -0.2) is 0 Å². The minimum atomic E-state index is -0.541. The van der Waals surface area contributed by atoms with Crippen LogP contribution < -0.4 is 9.47 Å². The van der Waals surface area contributed by atoms with Crippen LogP contribution in [0.3, 0.4) is 0 Å². The molecule has 0 atom stereocenters. The molecule has 0 fully saturated rings. The molecule has 88 valence electrons. The van der Waals surface area contributed by atoms with E-state index >= 15 is 0 Å². The van der Waals surface area contributed by atoms with E-state index in [1.807, 2.05) is 18.2 Å². The second kappa shape index (κ2) is 4.63. The van der Waals surface area contributed by atoms with E-state index in [-0.39, 0.29) is 0 Å². The Balaban J connectivity index is 2.81. The lowest BCUT2D eigenvalue weighted by Gasteiger charge is -2.09. The van der Waals surface area contributed by atoms with Crippen LogP contribution in [0, 0.1) is 0 Å². The molecule has 2 rings (SSSR count). The highest BCUT2D eigenvalue weighted by molar-refractivity contribution is 6.69. The molecule has 0 saturated carbocycles. The molecule has 0 aliphatic rings. The molecule has 0 amide bonds. The lowest BCUT2D eigenvalue weighted by atomic mass is 10.0. The van der Waals surface area contributed by atoms with Crippen LogP contribution in [0.15, 0.2) is 30.3 Å². The number of ether oxygens (including phenoxy) is 2. The summed E-state index contributed by atoms with van der Waals surface area (Å²) in [5.74, 6) is 1.13. The summed E-state index contributed by atoms with van der Waals surface area (Å²) in [7, 11) is 3.08. The summed E-state index contributed by atoms with van der Waals surface area (Å²) >= 11 is 5.60. The maximum absolute atomic E-state index is 11.5. The van der Waals surface area contributed by atoms with Gasteiger partial charge in [0.25, 0.3) is 5.24 Å². The van der Waals surface area contributed by atoms with Crippen LogP contribution in [0.1, 0.15) is 10.4 Å². The first-order valence-electron chi connectivity index (χ1n) is 5.02. The molecule has 3 nitrogen and oxygen atoms in total. The molecule has 0 aliphatic heterocycles. The molecule has 0 unspecified atom stereocenters. The quantitative estimate of drug-likeness (QED) is 0.785. The van der Waals surface area contributed by atoms with Crippen molar-refractivity contribution < 1.29 is 14.3 Å². The average Bonchev–Trinajstić information content (AvgIpc) is 2.36. The van der Waals surface area contributed by atoms with Crippen LogP contribution in [0.2, 0.25) is 0 Å². The Morgan fingerprint density at radius 1 is 1.12 bits per heavy atom. The van der Waals surface area contributed by atoms with E-state index < -0.39 is 5.24 Å². The molecule has 0 spiro atoms. The molecule has 0 bridgehead atoms. The number of hydrogen-bond donors (Lipinski definition) is 0. The summed E-state index contributed by atoms with van der Waals surface area (Å²) in [4.78, 5) is 11.5. The highest BCUT2D eigenvalue weighted by atomic mass is 35.5. The number of fused-ring (bicyclic) bond motifs is 1. The Kier molecular flexibility index (Phi) is 3.20. The Hall–Kier alpha value is -1.74. The van der Waals surface area contributed by atoms with Crippen molar-refractivity contribution in [3.8, 4) is 11.5 Å². The summed E-state index contributed by atoms with van der Waals surface area (Å²) in [5, 5.41) is 1.10. The van der Waals surface area contributed by atoms with Crippen molar-refractivity contribution in [1.29, 1.82) is 0 Å². The Labute approximate surface area is 104 Å². The van der Waals surface area contributed by atoms with Crippen molar-refractivity contribution in [2.75, 3.05) is 14.2 Å². The molecule has 2 aromatic carbocycles. The van der Waals surface area contributed by atoms with Gasteiger partial charge in [-0.3, -0.25) is 4.79 Å². The van der Waals surface area contributed by atoms with Crippen molar-refractivity contribution in [3.05, 3.63) is 35.9 Å². The Morgan fingerprint density at radius 3 is 2.41 bits per heavy atom. The first-order chi connectivity index (χ1) is 8.17. The molecule has 17 heavy (non-hydrogen) atoms. The third kappa shape index (κ3) is 2.06. The van der Waals surface area contributed by atoms with Gasteiger partial charge in [-0.2, -0.15) is 0 Å². The largest absolute Gasteiger partial charge is 0.497 e. The van der Waals surface area contributed by atoms with Gasteiger partial charge < -0.3 is 9.47 Å². The fourth-order valence-corrected chi connectivity index (χ4v) is 1.97. The zero-order chi connectivity index (χ0) is 12.4. The smallest absolute Gasteiger partial charge is 0.256 e. The van der Waals surface area contributed by atoms with Crippen LogP contribution in [0.4, 0.5) is 0 Å². The molecule has 0 N–H and O–H groups in total. The summed E-state index contributed by atoms with van der Waals surface area (Å²) in [6.07, 6.45) is 0. The first-order valence-corrected chi connectivity index (χ1v) is 5.39. The van der Waals surface area contributed by atoms with Crippen molar-refractivity contribution in [2.24, 2.45) is 0 Å². The van der Waals surface area contributed by atoms with E-state index in [1.54, 1.807) is 19.2 Å². The van der Waals surface area contributed by atoms with Crippen LogP contribution >= 0.6 is 11.6 Å². The van der Waals surface area contributed by atoms with Gasteiger partial charge in [-0.1, -0.05) is 12.1 Å². The molecule has 0 heterocycles. The summed E-state index contributed by atoms with van der Waals surface area (Å²) in [6.45, 7) is 0. The second-order valence-corrected chi connectivity index (χ2v) is 3.85. The summed E-state index contributed by atoms with van der Waals surface area (Å²) in [6, 6.07) is 9.07. The average molecular weight is 251 g/mol. The van der Waals surface area contributed by atoms with E-state index in [0.717, 1.165) is 10.8 Å². The molecular formula is C13H11ClO3. The van der Waals surface area contributed by atoms with E-state index in [0.29, 0.717) is 17.1 Å².